The molecule has 0 spiro atoms. The molecule has 5 heteroatoms. The van der Waals surface area contributed by atoms with Crippen molar-refractivity contribution in [1.82, 2.24) is 5.32 Å². The van der Waals surface area contributed by atoms with Crippen molar-refractivity contribution in [3.63, 3.8) is 0 Å². The highest BCUT2D eigenvalue weighted by atomic mass is 79.9. The number of anilines is 1. The number of carbonyl (C=O) groups is 1. The van der Waals surface area contributed by atoms with Gasteiger partial charge in [0.1, 0.15) is 0 Å². The van der Waals surface area contributed by atoms with E-state index in [1.165, 1.54) is 16.9 Å². The molecular formula is C14H13BrN2OS. The van der Waals surface area contributed by atoms with Crippen molar-refractivity contribution >= 4 is 38.9 Å². The molecule has 1 aliphatic heterocycles. The second-order valence-electron chi connectivity index (χ2n) is 4.37. The molecule has 2 aromatic rings. The lowest BCUT2D eigenvalue weighted by atomic mass is 10.1. The maximum Gasteiger partial charge on any atom is 0.268 e. The van der Waals surface area contributed by atoms with Gasteiger partial charge in [-0.3, -0.25) is 4.79 Å². The van der Waals surface area contributed by atoms with Gasteiger partial charge in [0.15, 0.2) is 0 Å². The molecule has 3 rings (SSSR count). The fourth-order valence-electron chi connectivity index (χ4n) is 2.23. The topological polar surface area (TPSA) is 32.3 Å². The highest BCUT2D eigenvalue weighted by Crippen LogP contribution is 2.28. The zero-order chi connectivity index (χ0) is 13.2. The summed E-state index contributed by atoms with van der Waals surface area (Å²) < 4.78 is 0.983. The van der Waals surface area contributed by atoms with Crippen LogP contribution in [-0.2, 0) is 6.54 Å². The maximum absolute atomic E-state index is 12.6. The van der Waals surface area contributed by atoms with Crippen molar-refractivity contribution in [2.75, 3.05) is 18.0 Å². The molecule has 1 aromatic heterocycles. The Morgan fingerprint density at radius 2 is 2.11 bits per heavy atom. The summed E-state index contributed by atoms with van der Waals surface area (Å²) in [6, 6.07) is 11.9. The molecule has 1 aliphatic rings. The Hall–Kier alpha value is -1.17. The van der Waals surface area contributed by atoms with E-state index < -0.39 is 0 Å². The number of hydrogen-bond acceptors (Lipinski definition) is 3. The summed E-state index contributed by atoms with van der Waals surface area (Å²) in [6.45, 7) is 2.33. The van der Waals surface area contributed by atoms with E-state index in [1.807, 2.05) is 35.2 Å². The van der Waals surface area contributed by atoms with E-state index >= 15 is 0 Å². The number of rotatable bonds is 1. The minimum atomic E-state index is 0.0758. The number of para-hydroxylation sites is 1. The van der Waals surface area contributed by atoms with Crippen molar-refractivity contribution < 1.29 is 4.79 Å². The summed E-state index contributed by atoms with van der Waals surface area (Å²) in [7, 11) is 0. The van der Waals surface area contributed by atoms with Crippen LogP contribution in [0.4, 0.5) is 5.69 Å². The minimum absolute atomic E-state index is 0.0758. The van der Waals surface area contributed by atoms with Gasteiger partial charge in [0.25, 0.3) is 5.91 Å². The number of nitrogens with one attached hydrogen (secondary N) is 1. The molecule has 0 fully saturated rings. The first-order chi connectivity index (χ1) is 9.25. The van der Waals surface area contributed by atoms with Gasteiger partial charge in [-0.2, -0.15) is 0 Å². The third-order valence-electron chi connectivity index (χ3n) is 3.14. The van der Waals surface area contributed by atoms with Crippen molar-refractivity contribution in [2.45, 2.75) is 6.54 Å². The van der Waals surface area contributed by atoms with Gasteiger partial charge in [-0.25, -0.2) is 0 Å². The first-order valence-electron chi connectivity index (χ1n) is 6.11. The number of fused-ring (bicyclic) bond motifs is 1. The number of benzene rings is 1. The largest absolute Gasteiger partial charge is 0.311 e. The lowest BCUT2D eigenvalue weighted by Gasteiger charge is -2.21. The molecule has 1 aromatic carbocycles. The number of amides is 1. The Morgan fingerprint density at radius 3 is 2.89 bits per heavy atom. The number of carbonyl (C=O) groups excluding carboxylic acids is 1. The first kappa shape index (κ1) is 12.8. The van der Waals surface area contributed by atoms with E-state index in [0.717, 1.165) is 27.4 Å². The average molecular weight is 337 g/mol. The molecule has 3 nitrogen and oxygen atoms in total. The molecule has 2 heterocycles. The second-order valence-corrected chi connectivity index (χ2v) is 6.83. The number of nitrogens with zero attached hydrogens (tertiary/aromatic N) is 1. The molecule has 98 valence electrons. The molecule has 1 amide bonds. The van der Waals surface area contributed by atoms with Crippen molar-refractivity contribution in [3.05, 3.63) is 50.6 Å². The SMILES string of the molecule is O=C(c1ccc(Br)s1)N1CCNCc2ccccc21. The number of hydrogen-bond donors (Lipinski definition) is 1. The standard InChI is InChI=1S/C14H13BrN2OS/c15-13-6-5-12(19-13)14(18)17-8-7-16-9-10-3-1-2-4-11(10)17/h1-6,16H,7-9H2. The predicted molar refractivity (Wildman–Crippen MR) is 81.8 cm³/mol. The molecule has 1 N–H and O–H groups in total. The lowest BCUT2D eigenvalue weighted by Crippen LogP contribution is -2.34. The molecule has 0 bridgehead atoms. The van der Waals surface area contributed by atoms with E-state index in [-0.39, 0.29) is 5.91 Å². The van der Waals surface area contributed by atoms with Crippen LogP contribution in [0.3, 0.4) is 0 Å². The van der Waals surface area contributed by atoms with Crippen LogP contribution in [0.5, 0.6) is 0 Å². The van der Waals surface area contributed by atoms with Gasteiger partial charge in [0, 0.05) is 25.3 Å². The molecule has 0 atom stereocenters. The van der Waals surface area contributed by atoms with Crippen LogP contribution in [0.1, 0.15) is 15.2 Å². The third-order valence-corrected chi connectivity index (χ3v) is 4.75. The normalized spacial score (nSPS) is 14.9. The van der Waals surface area contributed by atoms with Crippen LogP contribution >= 0.6 is 27.3 Å². The highest BCUT2D eigenvalue weighted by Gasteiger charge is 2.22. The zero-order valence-corrected chi connectivity index (χ0v) is 12.6. The Morgan fingerprint density at radius 1 is 1.26 bits per heavy atom. The molecule has 0 radical (unpaired) electrons. The number of halogens is 1. The van der Waals surface area contributed by atoms with Crippen LogP contribution in [0.15, 0.2) is 40.2 Å². The van der Waals surface area contributed by atoms with Gasteiger partial charge < -0.3 is 10.2 Å². The summed E-state index contributed by atoms with van der Waals surface area (Å²) in [5.74, 6) is 0.0758. The van der Waals surface area contributed by atoms with Gasteiger partial charge in [0.05, 0.1) is 8.66 Å². The second kappa shape index (κ2) is 5.45. The van der Waals surface area contributed by atoms with Crippen molar-refractivity contribution in [1.29, 1.82) is 0 Å². The molecule has 0 saturated carbocycles. The Labute approximate surface area is 124 Å². The minimum Gasteiger partial charge on any atom is -0.311 e. The highest BCUT2D eigenvalue weighted by molar-refractivity contribution is 9.11. The van der Waals surface area contributed by atoms with Gasteiger partial charge in [-0.1, -0.05) is 18.2 Å². The van der Waals surface area contributed by atoms with E-state index in [1.54, 1.807) is 0 Å². The molecular weight excluding hydrogens is 324 g/mol. The zero-order valence-electron chi connectivity index (χ0n) is 10.2. The Kier molecular flexibility index (Phi) is 3.68. The van der Waals surface area contributed by atoms with Gasteiger partial charge in [-0.05, 0) is 39.7 Å². The fraction of sp³-hybridized carbons (Fsp3) is 0.214. The van der Waals surface area contributed by atoms with Crippen LogP contribution < -0.4 is 10.2 Å². The number of thiophene rings is 1. The Bertz CT molecular complexity index is 611. The van der Waals surface area contributed by atoms with Crippen molar-refractivity contribution in [3.8, 4) is 0 Å². The quantitative estimate of drug-likeness (QED) is 0.866. The smallest absolute Gasteiger partial charge is 0.268 e. The van der Waals surface area contributed by atoms with Crippen LogP contribution in [-0.4, -0.2) is 19.0 Å². The lowest BCUT2D eigenvalue weighted by molar-refractivity contribution is 0.0991. The molecule has 19 heavy (non-hydrogen) atoms. The average Bonchev–Trinajstić information content (AvgIpc) is 2.74. The Balaban J connectivity index is 1.98. The van der Waals surface area contributed by atoms with Gasteiger partial charge >= 0.3 is 0 Å². The summed E-state index contributed by atoms with van der Waals surface area (Å²) in [5.41, 5.74) is 2.19. The van der Waals surface area contributed by atoms with Crippen LogP contribution in [0.2, 0.25) is 0 Å². The summed E-state index contributed by atoms with van der Waals surface area (Å²) >= 11 is 4.88. The maximum atomic E-state index is 12.6. The monoisotopic (exact) mass is 336 g/mol. The van der Waals surface area contributed by atoms with E-state index in [2.05, 4.69) is 27.3 Å². The third kappa shape index (κ3) is 2.59. The summed E-state index contributed by atoms with van der Waals surface area (Å²) in [5, 5.41) is 3.35. The molecule has 0 aliphatic carbocycles. The summed E-state index contributed by atoms with van der Waals surface area (Å²) in [4.78, 5) is 15.3. The predicted octanol–water partition coefficient (Wildman–Crippen LogP) is 3.26. The fourth-order valence-corrected chi connectivity index (χ4v) is 3.57. The van der Waals surface area contributed by atoms with E-state index in [0.29, 0.717) is 6.54 Å². The van der Waals surface area contributed by atoms with Gasteiger partial charge in [0.2, 0.25) is 0 Å². The first-order valence-corrected chi connectivity index (χ1v) is 7.72. The van der Waals surface area contributed by atoms with E-state index in [9.17, 15) is 4.79 Å². The molecule has 0 saturated heterocycles. The van der Waals surface area contributed by atoms with Gasteiger partial charge in [-0.15, -0.1) is 11.3 Å². The summed E-state index contributed by atoms with van der Waals surface area (Å²) in [6.07, 6.45) is 0. The molecule has 0 unspecified atom stereocenters. The van der Waals surface area contributed by atoms with Crippen LogP contribution in [0.25, 0.3) is 0 Å². The van der Waals surface area contributed by atoms with E-state index in [4.69, 9.17) is 0 Å². The van der Waals surface area contributed by atoms with Crippen molar-refractivity contribution in [2.24, 2.45) is 0 Å². The van der Waals surface area contributed by atoms with Crippen LogP contribution in [0, 0.1) is 0 Å².